The molecular weight excluding hydrogens is 1420 g/mol. The van der Waals surface area contributed by atoms with Crippen molar-refractivity contribution in [3.8, 4) is 0 Å². The standard InChI is InChI=1S/C79H102ClN15O14/c1-49(2)40-63(73(102)90-62(25-10-11-36-84-50(3)4)78(107)95-39-17-26-68(95)79(108)109)91-72(101)61(24-9-13-38-86-70(99)58-22-16-35-83-47-58)88-71(100)60(23-8-12-37-85-69(98)57-21-15-34-82-46-57)89-77(106)67(48-96)94-76(105)66(44-54-18-14-33-81-45-54)93-75(104)65(42-52-28-31-59(80)32-29-52)92-74(103)64(87-51(5)97)43-53-27-30-55-19-6-7-20-56(55)41-53/h6-7,14-16,18-22,27-35,41,45-47,49-50,60-68,84,96H,8-13,17,23-26,36-40,42-44,48H2,1-5H3,(H,85,98)(H,86,99)(H,87,97)(H,88,100)(H,89,106)(H,90,102)(H,91,101)(H,92,103)(H,93,104)(H,94,105)(H,108,109)/t60-,61+,62-,63-,64+,65+,66+,67-,68-/m0/s1. The Balaban J connectivity index is 1.14. The summed E-state index contributed by atoms with van der Waals surface area (Å²) in [5, 5.41) is 54.1. The number of aliphatic carboxylic acids is 1. The fourth-order valence-corrected chi connectivity index (χ4v) is 12.7. The molecule has 1 aliphatic heterocycles. The van der Waals surface area contributed by atoms with Crippen LogP contribution in [-0.4, -0.2) is 194 Å². The molecule has 13 N–H and O–H groups in total. The van der Waals surface area contributed by atoms with Crippen molar-refractivity contribution >= 4 is 93.3 Å². The Hall–Kier alpha value is -10.8. The molecule has 1 saturated heterocycles. The Bertz CT molecular complexity index is 4010. The zero-order chi connectivity index (χ0) is 78.8. The zero-order valence-corrected chi connectivity index (χ0v) is 63.0. The van der Waals surface area contributed by atoms with Crippen molar-refractivity contribution in [2.45, 2.75) is 191 Å². The number of nitrogens with zero attached hydrogens (tertiary/aromatic N) is 4. The number of hydrogen-bond acceptors (Lipinski definition) is 17. The van der Waals surface area contributed by atoms with Crippen LogP contribution in [-0.2, 0) is 67.2 Å². The number of carboxylic acids is 1. The second kappa shape index (κ2) is 44.5. The maximum absolute atomic E-state index is 15.1. The number of pyridine rings is 3. The van der Waals surface area contributed by atoms with E-state index in [9.17, 15) is 58.2 Å². The average molecular weight is 1520 g/mol. The van der Waals surface area contributed by atoms with Gasteiger partial charge in [-0.2, -0.15) is 0 Å². The first-order chi connectivity index (χ1) is 52.3. The highest BCUT2D eigenvalue weighted by Crippen LogP contribution is 2.22. The van der Waals surface area contributed by atoms with E-state index in [1.807, 2.05) is 70.2 Å². The average Bonchev–Trinajstić information content (AvgIpc) is 1.32. The van der Waals surface area contributed by atoms with Crippen LogP contribution in [0.3, 0.4) is 0 Å². The van der Waals surface area contributed by atoms with Crippen LogP contribution in [0.25, 0.3) is 10.8 Å². The fourth-order valence-electron chi connectivity index (χ4n) is 12.6. The molecule has 1 fully saturated rings. The lowest BCUT2D eigenvalue weighted by Crippen LogP contribution is -2.61. The second-order valence-electron chi connectivity index (χ2n) is 27.9. The summed E-state index contributed by atoms with van der Waals surface area (Å²) in [4.78, 5) is 183. The van der Waals surface area contributed by atoms with Crippen molar-refractivity contribution in [2.75, 3.05) is 32.8 Å². The van der Waals surface area contributed by atoms with E-state index < -0.39 is 132 Å². The molecule has 4 heterocycles. The largest absolute Gasteiger partial charge is 0.480 e. The highest BCUT2D eigenvalue weighted by molar-refractivity contribution is 6.30. The lowest BCUT2D eigenvalue weighted by atomic mass is 9.99. The van der Waals surface area contributed by atoms with Gasteiger partial charge in [-0.1, -0.05) is 100.0 Å². The molecule has 11 amide bonds. The molecule has 0 spiro atoms. The molecule has 1 aliphatic rings. The van der Waals surface area contributed by atoms with Crippen molar-refractivity contribution in [1.29, 1.82) is 0 Å². The maximum atomic E-state index is 15.1. The Morgan fingerprint density at radius 1 is 0.477 bits per heavy atom. The lowest BCUT2D eigenvalue weighted by molar-refractivity contribution is -0.149. The number of unbranched alkanes of at least 4 members (excludes halogenated alkanes) is 3. The lowest BCUT2D eigenvalue weighted by Gasteiger charge is -2.30. The van der Waals surface area contributed by atoms with Gasteiger partial charge in [0.05, 0.1) is 17.7 Å². The van der Waals surface area contributed by atoms with Crippen molar-refractivity contribution in [2.24, 2.45) is 5.92 Å². The Morgan fingerprint density at radius 2 is 0.927 bits per heavy atom. The maximum Gasteiger partial charge on any atom is 0.326 e. The van der Waals surface area contributed by atoms with E-state index in [2.05, 4.69) is 73.4 Å². The molecule has 584 valence electrons. The summed E-state index contributed by atoms with van der Waals surface area (Å²) in [6.07, 6.45) is 11.0. The van der Waals surface area contributed by atoms with Crippen molar-refractivity contribution in [3.05, 3.63) is 173 Å². The molecule has 0 bridgehead atoms. The van der Waals surface area contributed by atoms with Crippen LogP contribution in [0.2, 0.25) is 5.02 Å². The number of carbonyl (C=O) groups excluding carboxylic acids is 11. The number of halogens is 1. The predicted octanol–water partition coefficient (Wildman–Crippen LogP) is 4.09. The minimum atomic E-state index is -1.82. The summed E-state index contributed by atoms with van der Waals surface area (Å²) < 4.78 is 0. The van der Waals surface area contributed by atoms with Crippen LogP contribution in [0.5, 0.6) is 0 Å². The SMILES string of the molecule is CC(=O)N[C@H](Cc1ccc2ccccc2c1)C(=O)N[C@H](Cc1ccc(Cl)cc1)C(=O)N[C@H](Cc1cccnc1)C(=O)N[C@@H](CO)C(=O)N[C@@H](CCCCNC(=O)c1cccnc1)C(=O)N[C@H](CCCCNC(=O)c1cccnc1)C(=O)N[C@@H](CC(C)C)C(=O)N[C@@H](CCCCNC(C)C)C(=O)N1CCC[C@H]1C(=O)O. The molecular formula is C79H102ClN15O14. The molecule has 0 aliphatic carbocycles. The monoisotopic (exact) mass is 1520 g/mol. The summed E-state index contributed by atoms with van der Waals surface area (Å²) in [5.74, 6) is -9.50. The number of aromatic nitrogens is 3. The summed E-state index contributed by atoms with van der Waals surface area (Å²) in [7, 11) is 0. The van der Waals surface area contributed by atoms with Gasteiger partial charge in [-0.25, -0.2) is 4.79 Å². The van der Waals surface area contributed by atoms with Gasteiger partial charge in [-0.3, -0.25) is 67.7 Å². The topological polar surface area (TPSA) is 420 Å². The smallest absolute Gasteiger partial charge is 0.326 e. The minimum absolute atomic E-state index is 0.0321. The first kappa shape index (κ1) is 85.5. The number of likely N-dealkylation sites (tertiary alicyclic amines) is 1. The zero-order valence-electron chi connectivity index (χ0n) is 62.2. The van der Waals surface area contributed by atoms with Gasteiger partial charge in [-0.15, -0.1) is 0 Å². The highest BCUT2D eigenvalue weighted by atomic mass is 35.5. The molecule has 0 radical (unpaired) electrons. The van der Waals surface area contributed by atoms with Gasteiger partial charge in [0.15, 0.2) is 0 Å². The summed E-state index contributed by atoms with van der Waals surface area (Å²) in [6, 6.07) is 17.0. The quantitative estimate of drug-likeness (QED) is 0.0240. The van der Waals surface area contributed by atoms with Crippen LogP contribution in [0, 0.1) is 5.92 Å². The van der Waals surface area contributed by atoms with Gasteiger partial charge >= 0.3 is 5.97 Å². The van der Waals surface area contributed by atoms with Gasteiger partial charge in [0, 0.05) is 94.1 Å². The van der Waals surface area contributed by atoms with E-state index in [1.54, 1.807) is 60.7 Å². The van der Waals surface area contributed by atoms with E-state index in [0.717, 1.165) is 10.8 Å². The molecule has 7 rings (SSSR count). The number of aliphatic hydroxyl groups excluding tert-OH is 1. The van der Waals surface area contributed by atoms with Crippen molar-refractivity contribution < 1.29 is 67.7 Å². The van der Waals surface area contributed by atoms with Gasteiger partial charge in [-0.05, 0) is 159 Å². The number of aliphatic hydroxyl groups is 1. The molecule has 3 aromatic heterocycles. The molecule has 6 aromatic rings. The van der Waals surface area contributed by atoms with Crippen LogP contribution in [0.1, 0.15) is 149 Å². The predicted molar refractivity (Wildman–Crippen MR) is 409 cm³/mol. The van der Waals surface area contributed by atoms with E-state index in [4.69, 9.17) is 11.6 Å². The number of carbonyl (C=O) groups is 12. The minimum Gasteiger partial charge on any atom is -0.480 e. The van der Waals surface area contributed by atoms with E-state index in [-0.39, 0.29) is 109 Å². The number of benzene rings is 3. The molecule has 0 unspecified atom stereocenters. The van der Waals surface area contributed by atoms with Gasteiger partial charge in [0.25, 0.3) is 11.8 Å². The summed E-state index contributed by atoms with van der Waals surface area (Å²) in [5.41, 5.74) is 2.30. The number of nitrogens with one attached hydrogen (secondary N) is 11. The molecule has 30 heteroatoms. The van der Waals surface area contributed by atoms with E-state index in [0.29, 0.717) is 58.6 Å². The second-order valence-corrected chi connectivity index (χ2v) is 28.3. The first-order valence-electron chi connectivity index (χ1n) is 37.1. The molecule has 9 atom stereocenters. The van der Waals surface area contributed by atoms with Crippen LogP contribution in [0.4, 0.5) is 0 Å². The van der Waals surface area contributed by atoms with Crippen molar-refractivity contribution in [1.82, 2.24) is 78.3 Å². The van der Waals surface area contributed by atoms with E-state index in [1.165, 1.54) is 49.0 Å². The van der Waals surface area contributed by atoms with Crippen LogP contribution >= 0.6 is 11.6 Å². The number of rotatable bonds is 44. The summed E-state index contributed by atoms with van der Waals surface area (Å²) >= 11 is 6.26. The third-order valence-electron chi connectivity index (χ3n) is 18.3. The van der Waals surface area contributed by atoms with Crippen LogP contribution in [0.15, 0.2) is 140 Å². The third-order valence-corrected chi connectivity index (χ3v) is 18.6. The summed E-state index contributed by atoms with van der Waals surface area (Å²) in [6.45, 7) is 8.83. The van der Waals surface area contributed by atoms with Gasteiger partial charge in [0.1, 0.15) is 54.4 Å². The Kier molecular flexibility index (Phi) is 34.9. The molecule has 109 heavy (non-hydrogen) atoms. The molecule has 0 saturated carbocycles. The first-order valence-corrected chi connectivity index (χ1v) is 37.5. The van der Waals surface area contributed by atoms with Gasteiger partial charge in [0.2, 0.25) is 53.2 Å². The van der Waals surface area contributed by atoms with E-state index >= 15 is 9.59 Å². The molecule has 3 aromatic carbocycles. The van der Waals surface area contributed by atoms with Crippen molar-refractivity contribution in [3.63, 3.8) is 0 Å². The number of amides is 11. The number of carboxylic acid groups (broad SMARTS) is 1. The highest BCUT2D eigenvalue weighted by Gasteiger charge is 2.40. The van der Waals surface area contributed by atoms with Gasteiger partial charge < -0.3 is 73.6 Å². The number of hydrogen-bond donors (Lipinski definition) is 13. The molecule has 29 nitrogen and oxygen atoms in total. The Labute approximate surface area is 639 Å². The number of fused-ring (bicyclic) bond motifs is 1. The normalized spacial score (nSPS) is 14.8. The third kappa shape index (κ3) is 28.7. The Morgan fingerprint density at radius 3 is 1.44 bits per heavy atom. The fraction of sp³-hybridized carbons (Fsp3) is 0.456. The van der Waals surface area contributed by atoms with Crippen LogP contribution < -0.4 is 58.5 Å².